The van der Waals surface area contributed by atoms with Crippen LogP contribution < -0.4 is 0 Å². The second kappa shape index (κ2) is 22.4. The van der Waals surface area contributed by atoms with Crippen molar-refractivity contribution in [2.24, 2.45) is 0 Å². The number of aliphatic hydroxyl groups is 1. The molecule has 0 spiro atoms. The van der Waals surface area contributed by atoms with E-state index in [4.69, 9.17) is 10.2 Å². The first-order valence-electron chi connectivity index (χ1n) is 8.16. The molecule has 0 radical (unpaired) electrons. The molecule has 0 heterocycles. The van der Waals surface area contributed by atoms with Gasteiger partial charge in [0.15, 0.2) is 6.79 Å². The minimum atomic E-state index is -0.711. The summed E-state index contributed by atoms with van der Waals surface area (Å²) in [7, 11) is 0. The lowest BCUT2D eigenvalue weighted by atomic mass is 10.3. The molecule has 0 bridgehead atoms. The predicted molar refractivity (Wildman–Crippen MR) is 104 cm³/mol. The number of hydrogen-bond donors (Lipinski definition) is 2. The van der Waals surface area contributed by atoms with Crippen LogP contribution in [-0.2, 0) is 33.4 Å². The van der Waals surface area contributed by atoms with Crippen LogP contribution in [0.4, 0.5) is 0 Å². The molecule has 0 saturated heterocycles. The number of carbonyl (C=O) groups excluding carboxylic acids is 3. The van der Waals surface area contributed by atoms with Crippen molar-refractivity contribution >= 4 is 23.9 Å². The Labute approximate surface area is 167 Å². The maximum absolute atomic E-state index is 10.8. The largest absolute Gasteiger partial charge is 0.481 e. The van der Waals surface area contributed by atoms with Crippen LogP contribution in [0.1, 0.15) is 60.8 Å². The highest BCUT2D eigenvalue weighted by Gasteiger charge is 2.05. The van der Waals surface area contributed by atoms with Gasteiger partial charge in [0.1, 0.15) is 0 Å². The second-order valence-electron chi connectivity index (χ2n) is 5.08. The second-order valence-corrected chi connectivity index (χ2v) is 5.08. The number of ether oxygens (including phenoxy) is 3. The Morgan fingerprint density at radius 2 is 1.25 bits per heavy atom. The lowest BCUT2D eigenvalue weighted by Crippen LogP contribution is -2.12. The molecule has 0 atom stereocenters. The average molecular weight is 406 g/mol. The van der Waals surface area contributed by atoms with Gasteiger partial charge in [-0.15, -0.1) is 0 Å². The number of carbonyl (C=O) groups is 4. The molecular weight excluding hydrogens is 372 g/mol. The molecule has 0 aliphatic heterocycles. The summed E-state index contributed by atoms with van der Waals surface area (Å²) in [5, 5.41) is 15.9. The molecule has 2 N–H and O–H groups in total. The zero-order valence-corrected chi connectivity index (χ0v) is 16.4. The highest BCUT2D eigenvalue weighted by molar-refractivity contribution is 5.87. The Hall–Kier alpha value is -2.68. The molecule has 0 aliphatic carbocycles. The van der Waals surface area contributed by atoms with Crippen LogP contribution in [-0.4, -0.2) is 47.7 Å². The summed E-state index contributed by atoms with van der Waals surface area (Å²) in [4.78, 5) is 41.4. The van der Waals surface area contributed by atoms with Crippen molar-refractivity contribution < 1.29 is 43.6 Å². The van der Waals surface area contributed by atoms with Crippen LogP contribution >= 0.6 is 0 Å². The summed E-state index contributed by atoms with van der Waals surface area (Å²) < 4.78 is 13.2. The van der Waals surface area contributed by atoms with E-state index >= 15 is 0 Å². The summed E-state index contributed by atoms with van der Waals surface area (Å²) >= 11 is 0. The van der Waals surface area contributed by atoms with Crippen molar-refractivity contribution in [3.63, 3.8) is 0 Å². The van der Waals surface area contributed by atoms with Crippen molar-refractivity contribution in [1.29, 1.82) is 0 Å². The van der Waals surface area contributed by atoms with E-state index < -0.39 is 24.7 Å². The SMILES string of the molecule is C.C=C(C)C(=O)OCO.C=C(C)C(=O)OCOC(=O)CCC.CCCC(=O)O. The quantitative estimate of drug-likeness (QED) is 0.336. The average Bonchev–Trinajstić information content (AvgIpc) is 2.56. The third kappa shape index (κ3) is 28.1. The fourth-order valence-corrected chi connectivity index (χ4v) is 0.944. The Kier molecular flexibility index (Phi) is 26.3. The molecule has 9 heteroatoms. The highest BCUT2D eigenvalue weighted by atomic mass is 16.7. The molecular formula is C19H34O9. The third-order valence-electron chi connectivity index (χ3n) is 2.22. The minimum Gasteiger partial charge on any atom is -0.481 e. The van der Waals surface area contributed by atoms with Gasteiger partial charge in [-0.25, -0.2) is 9.59 Å². The van der Waals surface area contributed by atoms with Crippen LogP contribution in [0.5, 0.6) is 0 Å². The first-order valence-corrected chi connectivity index (χ1v) is 8.16. The van der Waals surface area contributed by atoms with Gasteiger partial charge in [0, 0.05) is 24.0 Å². The molecule has 0 rings (SSSR count). The van der Waals surface area contributed by atoms with Crippen molar-refractivity contribution in [1.82, 2.24) is 0 Å². The fourth-order valence-electron chi connectivity index (χ4n) is 0.944. The van der Waals surface area contributed by atoms with Gasteiger partial charge in [-0.1, -0.05) is 34.4 Å². The van der Waals surface area contributed by atoms with Crippen LogP contribution in [0.3, 0.4) is 0 Å². The lowest BCUT2D eigenvalue weighted by molar-refractivity contribution is -0.164. The molecule has 9 nitrogen and oxygen atoms in total. The molecule has 0 unspecified atom stereocenters. The molecule has 0 aliphatic rings. The third-order valence-corrected chi connectivity index (χ3v) is 2.22. The smallest absolute Gasteiger partial charge is 0.335 e. The normalized spacial score (nSPS) is 8.32. The molecule has 0 fully saturated rings. The highest BCUT2D eigenvalue weighted by Crippen LogP contribution is 1.95. The van der Waals surface area contributed by atoms with E-state index in [2.05, 4.69) is 27.4 Å². The zero-order valence-electron chi connectivity index (χ0n) is 16.4. The van der Waals surface area contributed by atoms with E-state index in [1.54, 1.807) is 0 Å². The summed E-state index contributed by atoms with van der Waals surface area (Å²) in [6.07, 6.45) is 2.08. The van der Waals surface area contributed by atoms with Crippen LogP contribution in [0.2, 0.25) is 0 Å². The lowest BCUT2D eigenvalue weighted by Gasteiger charge is -2.04. The van der Waals surface area contributed by atoms with Crippen LogP contribution in [0.15, 0.2) is 24.3 Å². The van der Waals surface area contributed by atoms with Gasteiger partial charge in [0.2, 0.25) is 6.79 Å². The van der Waals surface area contributed by atoms with Gasteiger partial charge in [-0.05, 0) is 26.7 Å². The number of aliphatic carboxylic acids is 1. The Morgan fingerprint density at radius 3 is 1.50 bits per heavy atom. The maximum atomic E-state index is 10.8. The van der Waals surface area contributed by atoms with Crippen molar-refractivity contribution in [2.75, 3.05) is 13.6 Å². The van der Waals surface area contributed by atoms with E-state index in [1.807, 2.05) is 13.8 Å². The number of rotatable bonds is 9. The summed E-state index contributed by atoms with van der Waals surface area (Å²) in [6, 6.07) is 0. The van der Waals surface area contributed by atoms with E-state index in [1.165, 1.54) is 13.8 Å². The molecule has 0 amide bonds. The molecule has 0 aromatic heterocycles. The van der Waals surface area contributed by atoms with E-state index in [0.717, 1.165) is 6.42 Å². The Morgan fingerprint density at radius 1 is 0.821 bits per heavy atom. The van der Waals surface area contributed by atoms with Crippen LogP contribution in [0, 0.1) is 0 Å². The molecule has 164 valence electrons. The van der Waals surface area contributed by atoms with Gasteiger partial charge in [-0.2, -0.15) is 0 Å². The molecule has 0 aromatic carbocycles. The topological polar surface area (TPSA) is 136 Å². The van der Waals surface area contributed by atoms with Gasteiger partial charge in [0.05, 0.1) is 0 Å². The maximum Gasteiger partial charge on any atom is 0.335 e. The number of carboxylic acids is 1. The molecule has 0 saturated carbocycles. The van der Waals surface area contributed by atoms with Crippen LogP contribution in [0.25, 0.3) is 0 Å². The first-order chi connectivity index (χ1) is 12.5. The van der Waals surface area contributed by atoms with Gasteiger partial charge < -0.3 is 24.4 Å². The first kappa shape index (κ1) is 32.9. The number of esters is 3. The van der Waals surface area contributed by atoms with E-state index in [9.17, 15) is 19.2 Å². The number of aliphatic hydroxyl groups excluding tert-OH is 1. The summed E-state index contributed by atoms with van der Waals surface area (Å²) in [5.74, 6) is -2.19. The minimum absolute atomic E-state index is 0. The van der Waals surface area contributed by atoms with Crippen molar-refractivity contribution in [3.05, 3.63) is 24.3 Å². The number of carboxylic acid groups (broad SMARTS) is 1. The summed E-state index contributed by atoms with van der Waals surface area (Å²) in [6.45, 7) is 12.5. The van der Waals surface area contributed by atoms with Crippen molar-refractivity contribution in [3.8, 4) is 0 Å². The van der Waals surface area contributed by atoms with Crippen molar-refractivity contribution in [2.45, 2.75) is 60.8 Å². The molecule has 28 heavy (non-hydrogen) atoms. The van der Waals surface area contributed by atoms with E-state index in [0.29, 0.717) is 24.8 Å². The van der Waals surface area contributed by atoms with Gasteiger partial charge in [0.25, 0.3) is 0 Å². The molecule has 0 aromatic rings. The zero-order chi connectivity index (χ0) is 21.8. The predicted octanol–water partition coefficient (Wildman–Crippen LogP) is 2.97. The summed E-state index contributed by atoms with van der Waals surface area (Å²) in [5.41, 5.74) is 0.575. The van der Waals surface area contributed by atoms with Gasteiger partial charge >= 0.3 is 23.9 Å². The fraction of sp³-hybridized carbons (Fsp3) is 0.579. The van der Waals surface area contributed by atoms with E-state index in [-0.39, 0.29) is 25.8 Å². The standard InChI is InChI=1S/C9H14O4.C5H8O3.C4H8O2.CH4/c1-4-5-8(10)12-6-13-9(11)7(2)3;1-4(2)5(7)8-3-6;1-2-3-4(5)6;/h2,4-6H2,1,3H3;6H,1,3H2,2H3;2-3H2,1H3,(H,5,6);1H4. The van der Waals surface area contributed by atoms with Gasteiger partial charge in [-0.3, -0.25) is 9.59 Å². The monoisotopic (exact) mass is 406 g/mol. The number of hydrogen-bond acceptors (Lipinski definition) is 8. The Bertz CT molecular complexity index is 496. The Balaban J connectivity index is -0.000000165.